The van der Waals surface area contributed by atoms with Gasteiger partial charge in [0, 0.05) is 13.1 Å². The molecule has 1 N–H and O–H groups in total. The number of likely N-dealkylation sites (tertiary alicyclic amines) is 1. The van der Waals surface area contributed by atoms with E-state index in [-0.39, 0.29) is 0 Å². The fourth-order valence-corrected chi connectivity index (χ4v) is 2.81. The number of carboxylic acids is 1. The zero-order valence-corrected chi connectivity index (χ0v) is 9.59. The molecule has 2 rings (SSSR count). The molecule has 82 valence electrons. The predicted molar refractivity (Wildman–Crippen MR) is 60.3 cm³/mol. The van der Waals surface area contributed by atoms with E-state index in [0.717, 1.165) is 31.1 Å². The van der Waals surface area contributed by atoms with Crippen LogP contribution in [0, 0.1) is 5.92 Å². The number of hydrogen-bond donors (Lipinski definition) is 1. The maximum absolute atomic E-state index is 10.9. The summed E-state index contributed by atoms with van der Waals surface area (Å²) in [5.41, 5.74) is 0.960. The van der Waals surface area contributed by atoms with Crippen molar-refractivity contribution in [3.05, 3.63) is 21.9 Å². The third-order valence-corrected chi connectivity index (χ3v) is 3.79. The molecule has 3 nitrogen and oxygen atoms in total. The number of hydrogen-bond acceptors (Lipinski definition) is 3. The van der Waals surface area contributed by atoms with Crippen molar-refractivity contribution in [2.75, 3.05) is 13.1 Å². The second-order valence-corrected chi connectivity index (χ2v) is 5.13. The Bertz CT molecular complexity index is 361. The monoisotopic (exact) mass is 225 g/mol. The number of nitrogens with zero attached hydrogens (tertiary/aromatic N) is 1. The van der Waals surface area contributed by atoms with Crippen LogP contribution in [0.4, 0.5) is 0 Å². The average Bonchev–Trinajstić information content (AvgIpc) is 2.75. The highest BCUT2D eigenvalue weighted by molar-refractivity contribution is 7.12. The van der Waals surface area contributed by atoms with Gasteiger partial charge < -0.3 is 5.11 Å². The van der Waals surface area contributed by atoms with Gasteiger partial charge in [0.2, 0.25) is 0 Å². The molecule has 0 amide bonds. The lowest BCUT2D eigenvalue weighted by molar-refractivity contribution is 0.0700. The van der Waals surface area contributed by atoms with Gasteiger partial charge in [-0.3, -0.25) is 4.90 Å². The molecule has 1 aromatic rings. The van der Waals surface area contributed by atoms with Gasteiger partial charge in [-0.2, -0.15) is 0 Å². The van der Waals surface area contributed by atoms with E-state index in [1.165, 1.54) is 17.8 Å². The van der Waals surface area contributed by atoms with Crippen molar-refractivity contribution in [2.45, 2.75) is 19.9 Å². The SMILES string of the molecule is CC1CCN(Cc2ccsc2C(=O)O)C1. The average molecular weight is 225 g/mol. The minimum absolute atomic E-state index is 0.495. The molecule has 0 aromatic carbocycles. The van der Waals surface area contributed by atoms with E-state index in [1.54, 1.807) is 0 Å². The largest absolute Gasteiger partial charge is 0.477 e. The van der Waals surface area contributed by atoms with Gasteiger partial charge in [-0.1, -0.05) is 6.92 Å². The number of rotatable bonds is 3. The highest BCUT2D eigenvalue weighted by Gasteiger charge is 2.21. The first-order valence-electron chi connectivity index (χ1n) is 5.19. The molecule has 1 aliphatic heterocycles. The van der Waals surface area contributed by atoms with Crippen LogP contribution in [0.3, 0.4) is 0 Å². The third kappa shape index (κ3) is 2.38. The second kappa shape index (κ2) is 4.33. The molecular formula is C11H15NO2S. The summed E-state index contributed by atoms with van der Waals surface area (Å²) in [6.07, 6.45) is 1.23. The van der Waals surface area contributed by atoms with Gasteiger partial charge in [0.15, 0.2) is 0 Å². The first-order valence-corrected chi connectivity index (χ1v) is 6.07. The summed E-state index contributed by atoms with van der Waals surface area (Å²) in [6, 6.07) is 1.93. The van der Waals surface area contributed by atoms with Crippen molar-refractivity contribution in [2.24, 2.45) is 5.92 Å². The van der Waals surface area contributed by atoms with E-state index in [9.17, 15) is 4.79 Å². The third-order valence-electron chi connectivity index (χ3n) is 2.84. The molecule has 15 heavy (non-hydrogen) atoms. The number of thiophene rings is 1. The Kier molecular flexibility index (Phi) is 3.07. The lowest BCUT2D eigenvalue weighted by Gasteiger charge is -2.14. The van der Waals surface area contributed by atoms with E-state index in [4.69, 9.17) is 5.11 Å². The maximum Gasteiger partial charge on any atom is 0.346 e. The smallest absolute Gasteiger partial charge is 0.346 e. The number of carboxylic acid groups (broad SMARTS) is 1. The molecule has 0 bridgehead atoms. The van der Waals surface area contributed by atoms with Crippen LogP contribution in [0.2, 0.25) is 0 Å². The van der Waals surface area contributed by atoms with Gasteiger partial charge in [-0.15, -0.1) is 11.3 Å². The van der Waals surface area contributed by atoms with Crippen molar-refractivity contribution in [3.63, 3.8) is 0 Å². The molecule has 1 unspecified atom stereocenters. The van der Waals surface area contributed by atoms with Crippen LogP contribution in [0.15, 0.2) is 11.4 Å². The Balaban J connectivity index is 2.04. The van der Waals surface area contributed by atoms with E-state index in [1.807, 2.05) is 11.4 Å². The fraction of sp³-hybridized carbons (Fsp3) is 0.545. The zero-order chi connectivity index (χ0) is 10.8. The molecular weight excluding hydrogens is 210 g/mol. The zero-order valence-electron chi connectivity index (χ0n) is 8.77. The first kappa shape index (κ1) is 10.6. The van der Waals surface area contributed by atoms with Crippen LogP contribution >= 0.6 is 11.3 Å². The van der Waals surface area contributed by atoms with E-state index in [0.29, 0.717) is 4.88 Å². The lowest BCUT2D eigenvalue weighted by atomic mass is 10.2. The van der Waals surface area contributed by atoms with Gasteiger partial charge in [0.1, 0.15) is 4.88 Å². The van der Waals surface area contributed by atoms with Crippen molar-refractivity contribution >= 4 is 17.3 Å². The Morgan fingerprint density at radius 1 is 1.73 bits per heavy atom. The maximum atomic E-state index is 10.9. The topological polar surface area (TPSA) is 40.5 Å². The summed E-state index contributed by atoms with van der Waals surface area (Å²) in [6.45, 7) is 5.21. The Labute approximate surface area is 93.3 Å². The van der Waals surface area contributed by atoms with Gasteiger partial charge in [0.25, 0.3) is 0 Å². The van der Waals surface area contributed by atoms with Crippen LogP contribution in [0.1, 0.15) is 28.6 Å². The molecule has 0 saturated carbocycles. The highest BCUT2D eigenvalue weighted by atomic mass is 32.1. The van der Waals surface area contributed by atoms with Crippen molar-refractivity contribution in [3.8, 4) is 0 Å². The normalized spacial score (nSPS) is 22.1. The van der Waals surface area contributed by atoms with Gasteiger partial charge in [-0.25, -0.2) is 4.79 Å². The van der Waals surface area contributed by atoms with Gasteiger partial charge >= 0.3 is 5.97 Å². The standard InChI is InChI=1S/C11H15NO2S/c1-8-2-4-12(6-8)7-9-3-5-15-10(9)11(13)14/h3,5,8H,2,4,6-7H2,1H3,(H,13,14). The Morgan fingerprint density at radius 2 is 2.53 bits per heavy atom. The molecule has 4 heteroatoms. The number of aromatic carboxylic acids is 1. The van der Waals surface area contributed by atoms with E-state index in [2.05, 4.69) is 11.8 Å². The van der Waals surface area contributed by atoms with Crippen LogP contribution in [0.25, 0.3) is 0 Å². The number of carbonyl (C=O) groups is 1. The summed E-state index contributed by atoms with van der Waals surface area (Å²) in [5.74, 6) is -0.0517. The molecule has 2 heterocycles. The molecule has 0 spiro atoms. The van der Waals surface area contributed by atoms with Gasteiger partial charge in [0.05, 0.1) is 0 Å². The van der Waals surface area contributed by atoms with Crippen LogP contribution in [-0.2, 0) is 6.54 Å². The molecule has 0 aliphatic carbocycles. The fourth-order valence-electron chi connectivity index (χ4n) is 2.06. The van der Waals surface area contributed by atoms with Gasteiger partial charge in [-0.05, 0) is 35.9 Å². The van der Waals surface area contributed by atoms with E-state index >= 15 is 0 Å². The minimum Gasteiger partial charge on any atom is -0.477 e. The van der Waals surface area contributed by atoms with E-state index < -0.39 is 5.97 Å². The molecule has 1 atom stereocenters. The lowest BCUT2D eigenvalue weighted by Crippen LogP contribution is -2.20. The summed E-state index contributed by atoms with van der Waals surface area (Å²) in [7, 11) is 0. The summed E-state index contributed by atoms with van der Waals surface area (Å²) in [4.78, 5) is 13.7. The first-order chi connectivity index (χ1) is 7.16. The van der Waals surface area contributed by atoms with Crippen LogP contribution < -0.4 is 0 Å². The second-order valence-electron chi connectivity index (χ2n) is 4.21. The van der Waals surface area contributed by atoms with Crippen LogP contribution in [-0.4, -0.2) is 29.1 Å². The summed E-state index contributed by atoms with van der Waals surface area (Å²) in [5, 5.41) is 10.8. The highest BCUT2D eigenvalue weighted by Crippen LogP contribution is 2.22. The molecule has 1 aromatic heterocycles. The van der Waals surface area contributed by atoms with Crippen molar-refractivity contribution in [1.82, 2.24) is 4.90 Å². The summed E-state index contributed by atoms with van der Waals surface area (Å²) >= 11 is 1.32. The van der Waals surface area contributed by atoms with Crippen molar-refractivity contribution in [1.29, 1.82) is 0 Å². The Hall–Kier alpha value is -0.870. The quantitative estimate of drug-likeness (QED) is 0.858. The van der Waals surface area contributed by atoms with Crippen molar-refractivity contribution < 1.29 is 9.90 Å². The molecule has 1 saturated heterocycles. The predicted octanol–water partition coefficient (Wildman–Crippen LogP) is 2.29. The minimum atomic E-state index is -0.799. The Morgan fingerprint density at radius 3 is 3.13 bits per heavy atom. The molecule has 1 fully saturated rings. The molecule has 0 radical (unpaired) electrons. The summed E-state index contributed by atoms with van der Waals surface area (Å²) < 4.78 is 0. The molecule has 1 aliphatic rings. The van der Waals surface area contributed by atoms with Crippen LogP contribution in [0.5, 0.6) is 0 Å².